The van der Waals surface area contributed by atoms with Crippen LogP contribution in [0, 0.1) is 0 Å². The summed E-state index contributed by atoms with van der Waals surface area (Å²) >= 11 is 0. The van der Waals surface area contributed by atoms with Gasteiger partial charge in [0.15, 0.2) is 0 Å². The Labute approximate surface area is 125 Å². The maximum absolute atomic E-state index is 6.28. The van der Waals surface area contributed by atoms with Gasteiger partial charge in [-0.2, -0.15) is 0 Å². The summed E-state index contributed by atoms with van der Waals surface area (Å²) in [6.07, 6.45) is 12.0. The summed E-state index contributed by atoms with van der Waals surface area (Å²) in [6.45, 7) is 7.39. The second-order valence-electron chi connectivity index (χ2n) is 6.74. The zero-order chi connectivity index (χ0) is 14.4. The smallest absolute Gasteiger partial charge is 0.0593 e. The van der Waals surface area contributed by atoms with Crippen molar-refractivity contribution in [3.05, 3.63) is 0 Å². The van der Waals surface area contributed by atoms with Gasteiger partial charge >= 0.3 is 0 Å². The fourth-order valence-corrected chi connectivity index (χ4v) is 4.44. The van der Waals surface area contributed by atoms with Crippen LogP contribution in [-0.4, -0.2) is 42.3 Å². The van der Waals surface area contributed by atoms with Gasteiger partial charge in [-0.3, -0.25) is 4.90 Å². The Bertz CT molecular complexity index is 276. The minimum absolute atomic E-state index is 0.203. The van der Waals surface area contributed by atoms with E-state index in [-0.39, 0.29) is 5.54 Å². The van der Waals surface area contributed by atoms with Crippen molar-refractivity contribution in [2.45, 2.75) is 89.3 Å². The SMILES string of the molecule is CCCC1CC(CN)(N(CC)C2CCCCC2)CCO1. The van der Waals surface area contributed by atoms with Crippen molar-refractivity contribution in [1.29, 1.82) is 0 Å². The first-order valence-corrected chi connectivity index (χ1v) is 8.84. The average molecular weight is 282 g/mol. The van der Waals surface area contributed by atoms with Crippen LogP contribution in [0.5, 0.6) is 0 Å². The molecule has 3 heteroatoms. The Morgan fingerprint density at radius 1 is 1.20 bits per heavy atom. The molecule has 1 heterocycles. The molecule has 2 unspecified atom stereocenters. The molecule has 0 aromatic rings. The van der Waals surface area contributed by atoms with Crippen LogP contribution in [0.2, 0.25) is 0 Å². The lowest BCUT2D eigenvalue weighted by molar-refractivity contribution is -0.0886. The van der Waals surface area contributed by atoms with Gasteiger partial charge in [0.25, 0.3) is 0 Å². The van der Waals surface area contributed by atoms with Crippen molar-refractivity contribution in [1.82, 2.24) is 4.90 Å². The van der Waals surface area contributed by atoms with Gasteiger partial charge in [-0.25, -0.2) is 0 Å². The fraction of sp³-hybridized carbons (Fsp3) is 1.00. The molecule has 20 heavy (non-hydrogen) atoms. The second kappa shape index (κ2) is 7.77. The predicted molar refractivity (Wildman–Crippen MR) is 84.9 cm³/mol. The van der Waals surface area contributed by atoms with Gasteiger partial charge in [0.05, 0.1) is 6.10 Å². The first-order chi connectivity index (χ1) is 9.75. The molecule has 0 spiro atoms. The maximum Gasteiger partial charge on any atom is 0.0593 e. The Morgan fingerprint density at radius 3 is 2.55 bits per heavy atom. The molecule has 1 aliphatic heterocycles. The van der Waals surface area contributed by atoms with Gasteiger partial charge in [0.1, 0.15) is 0 Å². The van der Waals surface area contributed by atoms with Gasteiger partial charge < -0.3 is 10.5 Å². The second-order valence-corrected chi connectivity index (χ2v) is 6.74. The molecule has 0 aromatic carbocycles. The van der Waals surface area contributed by atoms with E-state index in [9.17, 15) is 0 Å². The van der Waals surface area contributed by atoms with Crippen molar-refractivity contribution in [3.63, 3.8) is 0 Å². The summed E-state index contributed by atoms with van der Waals surface area (Å²) in [4.78, 5) is 2.76. The fourth-order valence-electron chi connectivity index (χ4n) is 4.44. The average Bonchev–Trinajstić information content (AvgIpc) is 2.50. The number of hydrogen-bond acceptors (Lipinski definition) is 3. The molecule has 1 saturated heterocycles. The number of nitrogens with two attached hydrogens (primary N) is 1. The van der Waals surface area contributed by atoms with Crippen LogP contribution in [0.3, 0.4) is 0 Å². The molecule has 0 aromatic heterocycles. The standard InChI is InChI=1S/C17H34N2O/c1-3-8-16-13-17(14-18,11-12-20-16)19(4-2)15-9-6-5-7-10-15/h15-16H,3-14,18H2,1-2H3. The highest BCUT2D eigenvalue weighted by Crippen LogP contribution is 2.36. The van der Waals surface area contributed by atoms with E-state index in [4.69, 9.17) is 10.5 Å². The lowest BCUT2D eigenvalue weighted by Crippen LogP contribution is -2.61. The first-order valence-electron chi connectivity index (χ1n) is 8.84. The molecule has 2 N–H and O–H groups in total. The van der Waals surface area contributed by atoms with E-state index >= 15 is 0 Å². The summed E-state index contributed by atoms with van der Waals surface area (Å²) in [5, 5.41) is 0. The number of rotatable bonds is 6. The van der Waals surface area contributed by atoms with Crippen LogP contribution in [0.1, 0.15) is 71.6 Å². The molecule has 0 bridgehead atoms. The molecule has 2 fully saturated rings. The van der Waals surface area contributed by atoms with E-state index < -0.39 is 0 Å². The molecule has 0 amide bonds. The number of likely N-dealkylation sites (N-methyl/N-ethyl adjacent to an activating group) is 1. The molecular formula is C17H34N2O. The molecule has 1 saturated carbocycles. The van der Waals surface area contributed by atoms with Crippen LogP contribution in [0.15, 0.2) is 0 Å². The molecule has 3 nitrogen and oxygen atoms in total. The molecule has 0 radical (unpaired) electrons. The normalized spacial score (nSPS) is 32.7. The van der Waals surface area contributed by atoms with Crippen LogP contribution in [-0.2, 0) is 4.74 Å². The first kappa shape index (κ1) is 16.3. The van der Waals surface area contributed by atoms with Crippen LogP contribution >= 0.6 is 0 Å². The number of hydrogen-bond donors (Lipinski definition) is 1. The topological polar surface area (TPSA) is 38.5 Å². The quantitative estimate of drug-likeness (QED) is 0.812. The number of ether oxygens (including phenoxy) is 1. The van der Waals surface area contributed by atoms with Crippen molar-refractivity contribution >= 4 is 0 Å². The Morgan fingerprint density at radius 2 is 1.95 bits per heavy atom. The monoisotopic (exact) mass is 282 g/mol. The Kier molecular flexibility index (Phi) is 6.31. The van der Waals surface area contributed by atoms with Gasteiger partial charge in [0.2, 0.25) is 0 Å². The zero-order valence-corrected chi connectivity index (χ0v) is 13.6. The van der Waals surface area contributed by atoms with E-state index in [1.165, 1.54) is 44.9 Å². The molecule has 118 valence electrons. The van der Waals surface area contributed by atoms with E-state index in [1.807, 2.05) is 0 Å². The van der Waals surface area contributed by atoms with E-state index in [1.54, 1.807) is 0 Å². The largest absolute Gasteiger partial charge is 0.378 e. The number of nitrogens with zero attached hydrogens (tertiary/aromatic N) is 1. The summed E-state index contributed by atoms with van der Waals surface area (Å²) in [5.41, 5.74) is 6.49. The summed E-state index contributed by atoms with van der Waals surface area (Å²) in [5.74, 6) is 0. The Balaban J connectivity index is 2.09. The highest BCUT2D eigenvalue weighted by molar-refractivity contribution is 4.99. The van der Waals surface area contributed by atoms with E-state index in [0.29, 0.717) is 6.10 Å². The van der Waals surface area contributed by atoms with Crippen molar-refractivity contribution in [2.24, 2.45) is 5.73 Å². The molecule has 2 rings (SSSR count). The van der Waals surface area contributed by atoms with Crippen LogP contribution in [0.4, 0.5) is 0 Å². The third-order valence-corrected chi connectivity index (χ3v) is 5.48. The Hall–Kier alpha value is -0.120. The van der Waals surface area contributed by atoms with Crippen molar-refractivity contribution in [3.8, 4) is 0 Å². The van der Waals surface area contributed by atoms with E-state index in [2.05, 4.69) is 18.7 Å². The third-order valence-electron chi connectivity index (χ3n) is 5.48. The zero-order valence-electron chi connectivity index (χ0n) is 13.6. The highest BCUT2D eigenvalue weighted by atomic mass is 16.5. The molecule has 1 aliphatic carbocycles. The lowest BCUT2D eigenvalue weighted by Gasteiger charge is -2.51. The third kappa shape index (κ3) is 3.55. The lowest BCUT2D eigenvalue weighted by atomic mass is 9.80. The summed E-state index contributed by atoms with van der Waals surface area (Å²) < 4.78 is 5.98. The molecule has 2 aliphatic rings. The minimum atomic E-state index is 0.203. The van der Waals surface area contributed by atoms with Gasteiger partial charge in [-0.05, 0) is 38.6 Å². The van der Waals surface area contributed by atoms with Gasteiger partial charge in [-0.1, -0.05) is 39.5 Å². The van der Waals surface area contributed by atoms with Crippen molar-refractivity contribution < 1.29 is 4.74 Å². The van der Waals surface area contributed by atoms with Crippen LogP contribution < -0.4 is 5.73 Å². The maximum atomic E-state index is 6.28. The van der Waals surface area contributed by atoms with Crippen molar-refractivity contribution in [2.75, 3.05) is 19.7 Å². The molecule has 2 atom stereocenters. The highest BCUT2D eigenvalue weighted by Gasteiger charge is 2.42. The van der Waals surface area contributed by atoms with Crippen LogP contribution in [0.25, 0.3) is 0 Å². The summed E-state index contributed by atoms with van der Waals surface area (Å²) in [7, 11) is 0. The van der Waals surface area contributed by atoms with Gasteiger partial charge in [-0.15, -0.1) is 0 Å². The van der Waals surface area contributed by atoms with Gasteiger partial charge in [0, 0.05) is 24.7 Å². The summed E-state index contributed by atoms with van der Waals surface area (Å²) in [6, 6.07) is 0.762. The minimum Gasteiger partial charge on any atom is -0.378 e. The molecular weight excluding hydrogens is 248 g/mol. The predicted octanol–water partition coefficient (Wildman–Crippen LogP) is 3.32. The van der Waals surface area contributed by atoms with E-state index in [0.717, 1.165) is 38.6 Å².